The normalized spacial score (nSPS) is 31.7. The van der Waals surface area contributed by atoms with E-state index in [4.69, 9.17) is 4.74 Å². The van der Waals surface area contributed by atoms with Gasteiger partial charge in [-0.25, -0.2) is 8.42 Å². The standard InChI is InChI=1S/C8H15NO3S/c10-13(11)5-1-8(2-6-13)7-9-3-4-12-8/h9H,1-7H2. The first kappa shape index (κ1) is 9.43. The Hall–Kier alpha value is -0.130. The van der Waals surface area contributed by atoms with Crippen molar-refractivity contribution in [2.75, 3.05) is 31.2 Å². The van der Waals surface area contributed by atoms with Crippen LogP contribution in [-0.2, 0) is 14.6 Å². The maximum absolute atomic E-state index is 11.2. The van der Waals surface area contributed by atoms with Crippen molar-refractivity contribution in [3.8, 4) is 0 Å². The molecule has 2 rings (SSSR count). The summed E-state index contributed by atoms with van der Waals surface area (Å²) in [5, 5.41) is 3.25. The topological polar surface area (TPSA) is 55.4 Å². The minimum Gasteiger partial charge on any atom is -0.372 e. The number of morpholine rings is 1. The van der Waals surface area contributed by atoms with Crippen LogP contribution in [0.15, 0.2) is 0 Å². The van der Waals surface area contributed by atoms with Gasteiger partial charge in [0.1, 0.15) is 0 Å². The van der Waals surface area contributed by atoms with Crippen LogP contribution in [0.2, 0.25) is 0 Å². The van der Waals surface area contributed by atoms with E-state index in [9.17, 15) is 8.42 Å². The van der Waals surface area contributed by atoms with Crippen LogP contribution in [0.4, 0.5) is 0 Å². The average Bonchev–Trinajstić information content (AvgIpc) is 2.13. The molecule has 2 aliphatic heterocycles. The highest BCUT2D eigenvalue weighted by molar-refractivity contribution is 7.91. The van der Waals surface area contributed by atoms with Crippen molar-refractivity contribution in [1.29, 1.82) is 0 Å². The highest BCUT2D eigenvalue weighted by Gasteiger charge is 2.39. The molecule has 4 nitrogen and oxygen atoms in total. The first-order chi connectivity index (χ1) is 6.12. The molecule has 0 aromatic heterocycles. The molecule has 0 radical (unpaired) electrons. The van der Waals surface area contributed by atoms with Gasteiger partial charge in [0.05, 0.1) is 23.7 Å². The SMILES string of the molecule is O=S1(=O)CCC2(CC1)CNCCO2. The van der Waals surface area contributed by atoms with Gasteiger partial charge in [0, 0.05) is 13.1 Å². The molecule has 0 bridgehead atoms. The van der Waals surface area contributed by atoms with Crippen molar-refractivity contribution in [3.05, 3.63) is 0 Å². The Bertz CT molecular complexity index is 264. The van der Waals surface area contributed by atoms with Gasteiger partial charge >= 0.3 is 0 Å². The van der Waals surface area contributed by atoms with Crippen molar-refractivity contribution in [2.45, 2.75) is 18.4 Å². The van der Waals surface area contributed by atoms with E-state index in [1.54, 1.807) is 0 Å². The van der Waals surface area contributed by atoms with Gasteiger partial charge in [-0.1, -0.05) is 0 Å². The largest absolute Gasteiger partial charge is 0.372 e. The molecule has 1 spiro atoms. The summed E-state index contributed by atoms with van der Waals surface area (Å²) in [7, 11) is -2.77. The first-order valence-corrected chi connectivity index (χ1v) is 6.49. The van der Waals surface area contributed by atoms with Crippen LogP contribution in [0.5, 0.6) is 0 Å². The summed E-state index contributed by atoms with van der Waals surface area (Å²) in [5.41, 5.74) is -0.177. The Kier molecular flexibility index (Phi) is 2.33. The van der Waals surface area contributed by atoms with E-state index in [-0.39, 0.29) is 17.1 Å². The van der Waals surface area contributed by atoms with Gasteiger partial charge in [0.15, 0.2) is 9.84 Å². The Morgan fingerprint density at radius 1 is 1.23 bits per heavy atom. The summed E-state index contributed by atoms with van der Waals surface area (Å²) in [5.74, 6) is 0.573. The molecular weight excluding hydrogens is 190 g/mol. The summed E-state index contributed by atoms with van der Waals surface area (Å²) in [6.45, 7) is 2.40. The van der Waals surface area contributed by atoms with Crippen LogP contribution in [-0.4, -0.2) is 45.2 Å². The molecule has 0 saturated carbocycles. The second-order valence-electron chi connectivity index (χ2n) is 3.86. The molecule has 2 fully saturated rings. The lowest BCUT2D eigenvalue weighted by Crippen LogP contribution is -2.53. The quantitative estimate of drug-likeness (QED) is 0.582. The second kappa shape index (κ2) is 3.22. The fourth-order valence-electron chi connectivity index (χ4n) is 1.94. The summed E-state index contributed by atoms with van der Waals surface area (Å²) in [4.78, 5) is 0. The molecule has 0 aromatic rings. The van der Waals surface area contributed by atoms with E-state index in [0.717, 1.165) is 13.1 Å². The highest BCUT2D eigenvalue weighted by Crippen LogP contribution is 2.28. The number of ether oxygens (including phenoxy) is 1. The molecule has 0 amide bonds. The second-order valence-corrected chi connectivity index (χ2v) is 6.16. The molecule has 1 N–H and O–H groups in total. The van der Waals surface area contributed by atoms with Crippen molar-refractivity contribution < 1.29 is 13.2 Å². The van der Waals surface area contributed by atoms with E-state index in [1.165, 1.54) is 0 Å². The van der Waals surface area contributed by atoms with Gasteiger partial charge in [-0.3, -0.25) is 0 Å². The maximum atomic E-state index is 11.2. The summed E-state index contributed by atoms with van der Waals surface area (Å²) in [6, 6.07) is 0. The predicted molar refractivity (Wildman–Crippen MR) is 49.4 cm³/mol. The smallest absolute Gasteiger partial charge is 0.150 e. The van der Waals surface area contributed by atoms with E-state index in [0.29, 0.717) is 19.4 Å². The van der Waals surface area contributed by atoms with Crippen LogP contribution in [0.25, 0.3) is 0 Å². The highest BCUT2D eigenvalue weighted by atomic mass is 32.2. The monoisotopic (exact) mass is 205 g/mol. The lowest BCUT2D eigenvalue weighted by atomic mass is 9.95. The minimum atomic E-state index is -2.77. The van der Waals surface area contributed by atoms with Crippen molar-refractivity contribution in [1.82, 2.24) is 5.32 Å². The van der Waals surface area contributed by atoms with E-state index in [2.05, 4.69) is 5.32 Å². The summed E-state index contributed by atoms with van der Waals surface area (Å²) >= 11 is 0. The molecule has 0 aliphatic carbocycles. The van der Waals surface area contributed by atoms with E-state index in [1.807, 2.05) is 0 Å². The molecule has 13 heavy (non-hydrogen) atoms. The maximum Gasteiger partial charge on any atom is 0.150 e. The van der Waals surface area contributed by atoms with Crippen LogP contribution >= 0.6 is 0 Å². The van der Waals surface area contributed by atoms with E-state index < -0.39 is 9.84 Å². The molecule has 76 valence electrons. The van der Waals surface area contributed by atoms with Crippen molar-refractivity contribution in [2.24, 2.45) is 0 Å². The molecule has 0 atom stereocenters. The third kappa shape index (κ3) is 2.03. The molecule has 0 unspecified atom stereocenters. The average molecular weight is 205 g/mol. The van der Waals surface area contributed by atoms with Crippen LogP contribution in [0, 0.1) is 0 Å². The number of nitrogens with one attached hydrogen (secondary N) is 1. The molecule has 5 heteroatoms. The molecule has 2 aliphatic rings. The number of rotatable bonds is 0. The zero-order valence-corrected chi connectivity index (χ0v) is 8.40. The predicted octanol–water partition coefficient (Wildman–Crippen LogP) is -0.446. The first-order valence-electron chi connectivity index (χ1n) is 4.67. The van der Waals surface area contributed by atoms with Gasteiger partial charge in [-0.15, -0.1) is 0 Å². The number of hydrogen-bond acceptors (Lipinski definition) is 4. The third-order valence-electron chi connectivity index (χ3n) is 2.87. The van der Waals surface area contributed by atoms with Crippen LogP contribution in [0.1, 0.15) is 12.8 Å². The van der Waals surface area contributed by atoms with Gasteiger partial charge in [0.25, 0.3) is 0 Å². The molecule has 2 heterocycles. The zero-order chi connectivity index (χ0) is 9.36. The van der Waals surface area contributed by atoms with E-state index >= 15 is 0 Å². The zero-order valence-electron chi connectivity index (χ0n) is 7.58. The molecule has 0 aromatic carbocycles. The fraction of sp³-hybridized carbons (Fsp3) is 1.00. The number of hydrogen-bond donors (Lipinski definition) is 1. The van der Waals surface area contributed by atoms with Gasteiger partial charge in [-0.05, 0) is 12.8 Å². The summed E-state index contributed by atoms with van der Waals surface area (Å²) in [6.07, 6.45) is 1.31. The lowest BCUT2D eigenvalue weighted by molar-refractivity contribution is -0.0714. The van der Waals surface area contributed by atoms with Crippen molar-refractivity contribution in [3.63, 3.8) is 0 Å². The lowest BCUT2D eigenvalue weighted by Gasteiger charge is -2.40. The van der Waals surface area contributed by atoms with Crippen LogP contribution < -0.4 is 5.32 Å². The van der Waals surface area contributed by atoms with Gasteiger partial charge in [0.2, 0.25) is 0 Å². The third-order valence-corrected chi connectivity index (χ3v) is 4.52. The van der Waals surface area contributed by atoms with Gasteiger partial charge < -0.3 is 10.1 Å². The Labute approximate surface area is 78.6 Å². The number of sulfone groups is 1. The molecular formula is C8H15NO3S. The summed E-state index contributed by atoms with van der Waals surface area (Å²) < 4.78 is 28.1. The van der Waals surface area contributed by atoms with Crippen molar-refractivity contribution >= 4 is 9.84 Å². The fourth-order valence-corrected chi connectivity index (χ4v) is 3.51. The molecule has 2 saturated heterocycles. The van der Waals surface area contributed by atoms with Gasteiger partial charge in [-0.2, -0.15) is 0 Å². The Balaban J connectivity index is 2.03. The van der Waals surface area contributed by atoms with Crippen LogP contribution in [0.3, 0.4) is 0 Å². The Morgan fingerprint density at radius 2 is 1.92 bits per heavy atom. The minimum absolute atomic E-state index is 0.177. The Morgan fingerprint density at radius 3 is 2.46 bits per heavy atom.